The SMILES string of the molecule is CCCC(C)c1cnc(CC(C)C)o1. The van der Waals surface area contributed by atoms with Gasteiger partial charge in [0.15, 0.2) is 5.89 Å². The van der Waals surface area contributed by atoms with Crippen LogP contribution in [0.25, 0.3) is 0 Å². The lowest BCUT2D eigenvalue weighted by molar-refractivity contribution is 0.403. The zero-order valence-corrected chi connectivity index (χ0v) is 9.71. The maximum atomic E-state index is 5.70. The van der Waals surface area contributed by atoms with E-state index in [4.69, 9.17) is 4.42 Å². The van der Waals surface area contributed by atoms with Crippen molar-refractivity contribution in [2.45, 2.75) is 52.9 Å². The molecular weight excluding hydrogens is 174 g/mol. The molecule has 14 heavy (non-hydrogen) atoms. The number of aromatic nitrogens is 1. The summed E-state index contributed by atoms with van der Waals surface area (Å²) in [4.78, 5) is 4.29. The van der Waals surface area contributed by atoms with Crippen LogP contribution in [0.15, 0.2) is 10.6 Å². The van der Waals surface area contributed by atoms with Crippen molar-refractivity contribution in [2.75, 3.05) is 0 Å². The van der Waals surface area contributed by atoms with Crippen LogP contribution >= 0.6 is 0 Å². The summed E-state index contributed by atoms with van der Waals surface area (Å²) in [5.41, 5.74) is 0. The minimum absolute atomic E-state index is 0.508. The highest BCUT2D eigenvalue weighted by Gasteiger charge is 2.11. The van der Waals surface area contributed by atoms with Gasteiger partial charge in [0, 0.05) is 12.3 Å². The fourth-order valence-corrected chi connectivity index (χ4v) is 1.57. The highest BCUT2D eigenvalue weighted by atomic mass is 16.4. The first kappa shape index (κ1) is 11.3. The molecule has 1 rings (SSSR count). The molecule has 0 N–H and O–H groups in total. The molecule has 1 atom stereocenters. The molecule has 0 saturated heterocycles. The van der Waals surface area contributed by atoms with E-state index in [1.54, 1.807) is 0 Å². The molecule has 0 aliphatic rings. The lowest BCUT2D eigenvalue weighted by Crippen LogP contribution is -1.93. The van der Waals surface area contributed by atoms with E-state index in [1.165, 1.54) is 12.8 Å². The Morgan fingerprint density at radius 1 is 1.36 bits per heavy atom. The predicted octanol–water partition coefficient (Wildman–Crippen LogP) is 3.78. The van der Waals surface area contributed by atoms with Crippen molar-refractivity contribution in [3.8, 4) is 0 Å². The molecule has 1 heterocycles. The molecule has 0 aliphatic carbocycles. The second kappa shape index (κ2) is 5.18. The van der Waals surface area contributed by atoms with Gasteiger partial charge in [-0.15, -0.1) is 0 Å². The summed E-state index contributed by atoms with van der Waals surface area (Å²) in [5, 5.41) is 0. The molecule has 2 nitrogen and oxygen atoms in total. The monoisotopic (exact) mass is 195 g/mol. The molecule has 1 aromatic heterocycles. The van der Waals surface area contributed by atoms with Crippen LogP contribution < -0.4 is 0 Å². The van der Waals surface area contributed by atoms with Crippen LogP contribution in [0.2, 0.25) is 0 Å². The normalized spacial score (nSPS) is 13.5. The summed E-state index contributed by atoms with van der Waals surface area (Å²) in [5.74, 6) is 3.05. The van der Waals surface area contributed by atoms with E-state index in [-0.39, 0.29) is 0 Å². The van der Waals surface area contributed by atoms with Crippen LogP contribution in [0.1, 0.15) is 58.1 Å². The van der Waals surface area contributed by atoms with E-state index >= 15 is 0 Å². The molecule has 1 unspecified atom stereocenters. The molecule has 2 heteroatoms. The minimum Gasteiger partial charge on any atom is -0.445 e. The summed E-state index contributed by atoms with van der Waals surface area (Å²) >= 11 is 0. The lowest BCUT2D eigenvalue weighted by atomic mass is 10.0. The van der Waals surface area contributed by atoms with Crippen molar-refractivity contribution in [3.05, 3.63) is 17.8 Å². The smallest absolute Gasteiger partial charge is 0.194 e. The second-order valence-electron chi connectivity index (χ2n) is 4.44. The van der Waals surface area contributed by atoms with Gasteiger partial charge in [-0.25, -0.2) is 4.98 Å². The summed E-state index contributed by atoms with van der Waals surface area (Å²) in [6.07, 6.45) is 5.20. The van der Waals surface area contributed by atoms with Crippen molar-refractivity contribution in [3.63, 3.8) is 0 Å². The molecule has 1 aromatic rings. The fraction of sp³-hybridized carbons (Fsp3) is 0.750. The average Bonchev–Trinajstić information content (AvgIpc) is 2.52. The molecule has 0 amide bonds. The van der Waals surface area contributed by atoms with Gasteiger partial charge in [0.05, 0.1) is 6.20 Å². The highest BCUT2D eigenvalue weighted by Crippen LogP contribution is 2.21. The van der Waals surface area contributed by atoms with Crippen LogP contribution in [-0.4, -0.2) is 4.98 Å². The fourth-order valence-electron chi connectivity index (χ4n) is 1.57. The van der Waals surface area contributed by atoms with Crippen molar-refractivity contribution in [2.24, 2.45) is 5.92 Å². The molecule has 80 valence electrons. The predicted molar refractivity (Wildman–Crippen MR) is 58.4 cm³/mol. The maximum absolute atomic E-state index is 5.70. The largest absolute Gasteiger partial charge is 0.445 e. The van der Waals surface area contributed by atoms with E-state index in [0.29, 0.717) is 11.8 Å². The average molecular weight is 195 g/mol. The zero-order valence-electron chi connectivity index (χ0n) is 9.71. The third kappa shape index (κ3) is 3.17. The summed E-state index contributed by atoms with van der Waals surface area (Å²) in [6.45, 7) is 8.75. The summed E-state index contributed by atoms with van der Waals surface area (Å²) in [7, 11) is 0. The Kier molecular flexibility index (Phi) is 4.18. The summed E-state index contributed by atoms with van der Waals surface area (Å²) < 4.78 is 5.70. The van der Waals surface area contributed by atoms with Crippen LogP contribution in [0.5, 0.6) is 0 Å². The van der Waals surface area contributed by atoms with Crippen LogP contribution in [0.3, 0.4) is 0 Å². The Labute approximate surface area is 86.7 Å². The first-order chi connectivity index (χ1) is 6.63. The van der Waals surface area contributed by atoms with Gasteiger partial charge in [0.2, 0.25) is 0 Å². The topological polar surface area (TPSA) is 26.0 Å². The van der Waals surface area contributed by atoms with Crippen molar-refractivity contribution in [1.29, 1.82) is 0 Å². The minimum atomic E-state index is 0.508. The molecule has 0 spiro atoms. The van der Waals surface area contributed by atoms with Gasteiger partial charge in [-0.2, -0.15) is 0 Å². The molecule has 0 aliphatic heterocycles. The van der Waals surface area contributed by atoms with Crippen molar-refractivity contribution >= 4 is 0 Å². The molecule has 0 radical (unpaired) electrons. The second-order valence-corrected chi connectivity index (χ2v) is 4.44. The van der Waals surface area contributed by atoms with Gasteiger partial charge in [-0.3, -0.25) is 0 Å². The number of hydrogen-bond acceptors (Lipinski definition) is 2. The Hall–Kier alpha value is -0.790. The Morgan fingerprint density at radius 2 is 2.07 bits per heavy atom. The Balaban J connectivity index is 2.58. The zero-order chi connectivity index (χ0) is 10.6. The van der Waals surface area contributed by atoms with E-state index < -0.39 is 0 Å². The molecular formula is C12H21NO. The Morgan fingerprint density at radius 3 is 2.64 bits per heavy atom. The molecule has 0 fully saturated rings. The number of hydrogen-bond donors (Lipinski definition) is 0. The molecule has 0 bridgehead atoms. The van der Waals surface area contributed by atoms with E-state index in [0.717, 1.165) is 18.1 Å². The number of oxazole rings is 1. The van der Waals surface area contributed by atoms with Gasteiger partial charge >= 0.3 is 0 Å². The van der Waals surface area contributed by atoms with Gasteiger partial charge in [0.1, 0.15) is 5.76 Å². The lowest BCUT2D eigenvalue weighted by Gasteiger charge is -2.04. The molecule has 0 saturated carbocycles. The van der Waals surface area contributed by atoms with Crippen LogP contribution in [0.4, 0.5) is 0 Å². The van der Waals surface area contributed by atoms with Crippen molar-refractivity contribution < 1.29 is 4.42 Å². The maximum Gasteiger partial charge on any atom is 0.194 e. The van der Waals surface area contributed by atoms with Crippen molar-refractivity contribution in [1.82, 2.24) is 4.98 Å². The van der Waals surface area contributed by atoms with Gasteiger partial charge in [-0.1, -0.05) is 34.1 Å². The third-order valence-electron chi connectivity index (χ3n) is 2.36. The first-order valence-electron chi connectivity index (χ1n) is 5.58. The standard InChI is InChI=1S/C12H21NO/c1-5-6-10(4)11-8-13-12(14-11)7-9(2)3/h8-10H,5-7H2,1-4H3. The third-order valence-corrected chi connectivity index (χ3v) is 2.36. The van der Waals surface area contributed by atoms with E-state index in [2.05, 4.69) is 32.7 Å². The van der Waals surface area contributed by atoms with Gasteiger partial charge in [0.25, 0.3) is 0 Å². The highest BCUT2D eigenvalue weighted by molar-refractivity contribution is 5.00. The summed E-state index contributed by atoms with van der Waals surface area (Å²) in [6, 6.07) is 0. The van der Waals surface area contributed by atoms with Gasteiger partial charge < -0.3 is 4.42 Å². The van der Waals surface area contributed by atoms with E-state index in [1.807, 2.05) is 6.20 Å². The van der Waals surface area contributed by atoms with Crippen LogP contribution in [0, 0.1) is 5.92 Å². The Bertz CT molecular complexity index is 265. The first-order valence-corrected chi connectivity index (χ1v) is 5.58. The number of nitrogens with zero attached hydrogens (tertiary/aromatic N) is 1. The molecule has 0 aromatic carbocycles. The van der Waals surface area contributed by atoms with Gasteiger partial charge in [-0.05, 0) is 12.3 Å². The quantitative estimate of drug-likeness (QED) is 0.714. The van der Waals surface area contributed by atoms with E-state index in [9.17, 15) is 0 Å². The number of rotatable bonds is 5. The van der Waals surface area contributed by atoms with Crippen LogP contribution in [-0.2, 0) is 6.42 Å².